The van der Waals surface area contributed by atoms with Crippen molar-refractivity contribution in [3.63, 3.8) is 0 Å². The van der Waals surface area contributed by atoms with Crippen LogP contribution in [0, 0.1) is 6.92 Å². The number of nitrogens with one attached hydrogen (secondary N) is 1. The molecule has 4 heteroatoms. The van der Waals surface area contributed by atoms with Gasteiger partial charge in [0.05, 0.1) is 6.54 Å². The molecule has 0 aromatic heterocycles. The zero-order chi connectivity index (χ0) is 10.7. The Morgan fingerprint density at radius 2 is 2.00 bits per heavy atom. The van der Waals surface area contributed by atoms with Gasteiger partial charge in [-0.1, -0.05) is 29.8 Å². The molecule has 0 spiro atoms. The highest BCUT2D eigenvalue weighted by atomic mass is 127. The Kier molecular flexibility index (Phi) is 5.05. The van der Waals surface area contributed by atoms with Crippen LogP contribution in [0.5, 0.6) is 0 Å². The van der Waals surface area contributed by atoms with Crippen molar-refractivity contribution in [2.45, 2.75) is 13.5 Å². The summed E-state index contributed by atoms with van der Waals surface area (Å²) in [5.74, 6) is 1.01. The molecule has 88 valence electrons. The molecule has 0 saturated heterocycles. The van der Waals surface area contributed by atoms with E-state index in [1.54, 1.807) is 0 Å². The molecule has 16 heavy (non-hydrogen) atoms. The highest BCUT2D eigenvalue weighted by Gasteiger charge is 2.10. The van der Waals surface area contributed by atoms with Gasteiger partial charge >= 0.3 is 0 Å². The summed E-state index contributed by atoms with van der Waals surface area (Å²) in [6.45, 7) is 4.89. The largest absolute Gasteiger partial charge is 0.352 e. The van der Waals surface area contributed by atoms with Gasteiger partial charge in [0.25, 0.3) is 0 Å². The number of rotatable bonds is 2. The number of likely N-dealkylation sites (N-methyl/N-ethyl adjacent to an activating group) is 1. The molecule has 0 fully saturated rings. The van der Waals surface area contributed by atoms with E-state index in [2.05, 4.69) is 53.4 Å². The summed E-state index contributed by atoms with van der Waals surface area (Å²) in [5, 5.41) is 3.34. The summed E-state index contributed by atoms with van der Waals surface area (Å²) in [5.41, 5.74) is 2.60. The third-order valence-corrected chi connectivity index (χ3v) is 2.63. The Hall–Kier alpha value is -0.780. The number of nitrogens with zero attached hydrogens (tertiary/aromatic N) is 2. The van der Waals surface area contributed by atoms with Gasteiger partial charge in [0.2, 0.25) is 0 Å². The predicted molar refractivity (Wildman–Crippen MR) is 78.4 cm³/mol. The maximum Gasteiger partial charge on any atom is 0.194 e. The van der Waals surface area contributed by atoms with Gasteiger partial charge in [-0.15, -0.1) is 24.0 Å². The second kappa shape index (κ2) is 6.08. The fourth-order valence-electron chi connectivity index (χ4n) is 1.61. The van der Waals surface area contributed by atoms with E-state index >= 15 is 0 Å². The Morgan fingerprint density at radius 3 is 2.56 bits per heavy atom. The molecule has 0 atom stereocenters. The van der Waals surface area contributed by atoms with Gasteiger partial charge < -0.3 is 10.2 Å². The molecule has 2 rings (SSSR count). The van der Waals surface area contributed by atoms with Crippen molar-refractivity contribution >= 4 is 29.9 Å². The molecule has 1 aromatic rings. The molecule has 0 radical (unpaired) electrons. The number of benzene rings is 1. The molecule has 0 unspecified atom stereocenters. The Bertz CT molecular complexity index is 359. The minimum absolute atomic E-state index is 0. The van der Waals surface area contributed by atoms with E-state index < -0.39 is 0 Å². The van der Waals surface area contributed by atoms with E-state index in [1.165, 1.54) is 11.1 Å². The molecule has 0 aliphatic carbocycles. The van der Waals surface area contributed by atoms with Crippen LogP contribution >= 0.6 is 24.0 Å². The number of aryl methyl sites for hydroxylation is 1. The molecule has 1 N–H and O–H groups in total. The van der Waals surface area contributed by atoms with Crippen molar-refractivity contribution in [1.82, 2.24) is 10.2 Å². The Labute approximate surface area is 114 Å². The van der Waals surface area contributed by atoms with Gasteiger partial charge in [-0.3, -0.25) is 4.99 Å². The molecule has 1 heterocycles. The summed E-state index contributed by atoms with van der Waals surface area (Å²) in [7, 11) is 2.06. The van der Waals surface area contributed by atoms with Gasteiger partial charge in [-0.25, -0.2) is 0 Å². The molecule has 0 bridgehead atoms. The highest BCUT2D eigenvalue weighted by molar-refractivity contribution is 14.0. The predicted octanol–water partition coefficient (Wildman–Crippen LogP) is 2.00. The first-order chi connectivity index (χ1) is 7.25. The van der Waals surface area contributed by atoms with Crippen molar-refractivity contribution < 1.29 is 0 Å². The van der Waals surface area contributed by atoms with Crippen molar-refractivity contribution in [3.8, 4) is 0 Å². The van der Waals surface area contributed by atoms with Crippen molar-refractivity contribution in [1.29, 1.82) is 0 Å². The van der Waals surface area contributed by atoms with E-state index in [1.807, 2.05) is 0 Å². The van der Waals surface area contributed by atoms with Crippen LogP contribution in [-0.4, -0.2) is 31.0 Å². The second-order valence-corrected chi connectivity index (χ2v) is 3.97. The first-order valence-electron chi connectivity index (χ1n) is 5.31. The maximum atomic E-state index is 4.38. The SMILES string of the molecule is Cc1ccc(CNC2=NCCN2C)cc1.I. The van der Waals surface area contributed by atoms with Gasteiger partial charge in [0.1, 0.15) is 0 Å². The summed E-state index contributed by atoms with van der Waals surface area (Å²) in [6.07, 6.45) is 0. The zero-order valence-electron chi connectivity index (χ0n) is 9.73. The summed E-state index contributed by atoms with van der Waals surface area (Å²) in [6, 6.07) is 8.57. The molecular formula is C12H18IN3. The first kappa shape index (κ1) is 13.3. The van der Waals surface area contributed by atoms with E-state index in [0.717, 1.165) is 25.6 Å². The average molecular weight is 331 g/mol. The van der Waals surface area contributed by atoms with Crippen LogP contribution in [0.1, 0.15) is 11.1 Å². The van der Waals surface area contributed by atoms with E-state index in [-0.39, 0.29) is 24.0 Å². The lowest BCUT2D eigenvalue weighted by Crippen LogP contribution is -2.35. The topological polar surface area (TPSA) is 27.6 Å². The quantitative estimate of drug-likeness (QED) is 0.840. The lowest BCUT2D eigenvalue weighted by atomic mass is 10.1. The summed E-state index contributed by atoms with van der Waals surface area (Å²) in [4.78, 5) is 6.53. The Balaban J connectivity index is 0.00000128. The minimum Gasteiger partial charge on any atom is -0.352 e. The van der Waals surface area contributed by atoms with E-state index in [4.69, 9.17) is 0 Å². The van der Waals surface area contributed by atoms with Gasteiger partial charge in [0, 0.05) is 20.1 Å². The number of hydrogen-bond donors (Lipinski definition) is 1. The number of guanidine groups is 1. The minimum atomic E-state index is 0. The molecule has 1 aliphatic heterocycles. The van der Waals surface area contributed by atoms with Crippen molar-refractivity contribution in [3.05, 3.63) is 35.4 Å². The fraction of sp³-hybridized carbons (Fsp3) is 0.417. The van der Waals surface area contributed by atoms with E-state index in [0.29, 0.717) is 0 Å². The van der Waals surface area contributed by atoms with Gasteiger partial charge in [-0.2, -0.15) is 0 Å². The molecular weight excluding hydrogens is 313 g/mol. The van der Waals surface area contributed by atoms with Crippen LogP contribution in [-0.2, 0) is 6.54 Å². The third-order valence-electron chi connectivity index (χ3n) is 2.63. The van der Waals surface area contributed by atoms with Crippen LogP contribution in [0.3, 0.4) is 0 Å². The molecule has 0 amide bonds. The van der Waals surface area contributed by atoms with Crippen LogP contribution in [0.2, 0.25) is 0 Å². The van der Waals surface area contributed by atoms with Gasteiger partial charge in [0.15, 0.2) is 5.96 Å². The summed E-state index contributed by atoms with van der Waals surface area (Å²) < 4.78 is 0. The highest BCUT2D eigenvalue weighted by Crippen LogP contribution is 2.03. The average Bonchev–Trinajstić information content (AvgIpc) is 2.63. The first-order valence-corrected chi connectivity index (χ1v) is 5.31. The maximum absolute atomic E-state index is 4.38. The standard InChI is InChI=1S/C12H17N3.HI/c1-10-3-5-11(6-4-10)9-14-12-13-7-8-15(12)2;/h3-6H,7-9H2,1-2H3,(H,13,14);1H. The number of halogens is 1. The van der Waals surface area contributed by atoms with Crippen molar-refractivity contribution in [2.24, 2.45) is 4.99 Å². The third kappa shape index (κ3) is 3.37. The fourth-order valence-corrected chi connectivity index (χ4v) is 1.61. The van der Waals surface area contributed by atoms with Crippen LogP contribution in [0.4, 0.5) is 0 Å². The monoisotopic (exact) mass is 331 g/mol. The smallest absolute Gasteiger partial charge is 0.194 e. The zero-order valence-corrected chi connectivity index (χ0v) is 12.1. The normalized spacial score (nSPS) is 14.4. The van der Waals surface area contributed by atoms with Crippen LogP contribution < -0.4 is 5.32 Å². The molecule has 1 aliphatic rings. The summed E-state index contributed by atoms with van der Waals surface area (Å²) >= 11 is 0. The van der Waals surface area contributed by atoms with Crippen LogP contribution in [0.25, 0.3) is 0 Å². The number of aliphatic imine (C=N–C) groups is 1. The lowest BCUT2D eigenvalue weighted by molar-refractivity contribution is 0.534. The molecule has 1 aromatic carbocycles. The Morgan fingerprint density at radius 1 is 1.31 bits per heavy atom. The second-order valence-electron chi connectivity index (χ2n) is 3.97. The van der Waals surface area contributed by atoms with Crippen molar-refractivity contribution in [2.75, 3.05) is 20.1 Å². The van der Waals surface area contributed by atoms with Gasteiger partial charge in [-0.05, 0) is 12.5 Å². The van der Waals surface area contributed by atoms with Crippen LogP contribution in [0.15, 0.2) is 29.3 Å². The molecule has 3 nitrogen and oxygen atoms in total. The van der Waals surface area contributed by atoms with E-state index in [9.17, 15) is 0 Å². The lowest BCUT2D eigenvalue weighted by Gasteiger charge is -2.15. The molecule has 0 saturated carbocycles. The number of hydrogen-bond acceptors (Lipinski definition) is 3.